The van der Waals surface area contributed by atoms with E-state index in [1.807, 2.05) is 23.5 Å². The van der Waals surface area contributed by atoms with Crippen LogP contribution in [0.25, 0.3) is 0 Å². The van der Waals surface area contributed by atoms with Gasteiger partial charge in [0.25, 0.3) is 0 Å². The molecule has 0 amide bonds. The van der Waals surface area contributed by atoms with E-state index >= 15 is 0 Å². The first-order chi connectivity index (χ1) is 3.89. The first kappa shape index (κ1) is 6.56. The summed E-state index contributed by atoms with van der Waals surface area (Å²) in [7, 11) is 0. The summed E-state index contributed by atoms with van der Waals surface area (Å²) < 4.78 is 0. The summed E-state index contributed by atoms with van der Waals surface area (Å²) >= 11 is 3.92. The molecule has 0 saturated heterocycles. The van der Waals surface area contributed by atoms with Crippen LogP contribution in [-0.4, -0.2) is 11.5 Å². The van der Waals surface area contributed by atoms with Crippen molar-refractivity contribution in [2.24, 2.45) is 0 Å². The second kappa shape index (κ2) is 3.46. The molecule has 0 saturated carbocycles. The normalized spacial score (nSPS) is 21.9. The fourth-order valence-corrected chi connectivity index (χ4v) is 2.52. The molecule has 0 nitrogen and oxygen atoms in total. The highest BCUT2D eigenvalue weighted by Gasteiger charge is 1.96. The molecule has 0 atom stereocenters. The van der Waals surface area contributed by atoms with E-state index in [1.54, 1.807) is 0 Å². The van der Waals surface area contributed by atoms with E-state index in [0.717, 1.165) is 0 Å². The molecule has 0 radical (unpaired) electrons. The smallest absolute Gasteiger partial charge is 0.00152 e. The van der Waals surface area contributed by atoms with Crippen molar-refractivity contribution in [3.05, 3.63) is 10.3 Å². The van der Waals surface area contributed by atoms with Gasteiger partial charge in [0.05, 0.1) is 0 Å². The summed E-state index contributed by atoms with van der Waals surface area (Å²) in [5.41, 5.74) is 0. The van der Waals surface area contributed by atoms with Crippen LogP contribution < -0.4 is 0 Å². The lowest BCUT2D eigenvalue weighted by atomic mass is 10.6. The highest BCUT2D eigenvalue weighted by atomic mass is 32.2. The predicted molar refractivity (Wildman–Crippen MR) is 43.3 cm³/mol. The predicted octanol–water partition coefficient (Wildman–Crippen LogP) is 2.72. The Morgan fingerprint density at radius 1 is 1.50 bits per heavy atom. The second-order valence-corrected chi connectivity index (χ2v) is 4.12. The van der Waals surface area contributed by atoms with E-state index in [-0.39, 0.29) is 0 Å². The number of hydrogen-bond acceptors (Lipinski definition) is 2. The lowest BCUT2D eigenvalue weighted by Crippen LogP contribution is -1.76. The Kier molecular flexibility index (Phi) is 2.84. The van der Waals surface area contributed by atoms with Crippen molar-refractivity contribution in [3.8, 4) is 0 Å². The summed E-state index contributed by atoms with van der Waals surface area (Å²) in [6.45, 7) is 2.18. The number of allylic oxidation sites excluding steroid dienone is 1. The van der Waals surface area contributed by atoms with Gasteiger partial charge >= 0.3 is 0 Å². The van der Waals surface area contributed by atoms with Crippen LogP contribution in [0.1, 0.15) is 13.3 Å². The molecule has 0 fully saturated rings. The van der Waals surface area contributed by atoms with Gasteiger partial charge < -0.3 is 0 Å². The van der Waals surface area contributed by atoms with Gasteiger partial charge in [-0.3, -0.25) is 0 Å². The first-order valence-electron chi connectivity index (χ1n) is 2.81. The monoisotopic (exact) mass is 146 g/mol. The maximum atomic E-state index is 2.26. The number of rotatable bonds is 0. The van der Waals surface area contributed by atoms with Crippen molar-refractivity contribution >= 4 is 23.5 Å². The Balaban J connectivity index is 2.36. The maximum absolute atomic E-state index is 2.26. The van der Waals surface area contributed by atoms with Crippen molar-refractivity contribution in [3.63, 3.8) is 0 Å². The second-order valence-electron chi connectivity index (χ2n) is 1.80. The molecule has 0 bridgehead atoms. The molecule has 0 aromatic rings. The average molecular weight is 146 g/mol. The Morgan fingerprint density at radius 2 is 2.38 bits per heavy atom. The molecule has 1 heterocycles. The first-order valence-corrected chi connectivity index (χ1v) is 4.84. The van der Waals surface area contributed by atoms with E-state index in [1.165, 1.54) is 22.8 Å². The summed E-state index contributed by atoms with van der Waals surface area (Å²) in [5.74, 6) is 2.62. The van der Waals surface area contributed by atoms with Gasteiger partial charge in [0, 0.05) is 0 Å². The fraction of sp³-hybridized carbons (Fsp3) is 0.667. The van der Waals surface area contributed by atoms with Crippen LogP contribution in [-0.2, 0) is 0 Å². The zero-order chi connectivity index (χ0) is 5.82. The van der Waals surface area contributed by atoms with E-state index in [0.29, 0.717) is 0 Å². The van der Waals surface area contributed by atoms with Gasteiger partial charge in [-0.05, 0) is 35.2 Å². The van der Waals surface area contributed by atoms with E-state index < -0.39 is 0 Å². The zero-order valence-corrected chi connectivity index (χ0v) is 6.65. The third-order valence-electron chi connectivity index (χ3n) is 0.986. The van der Waals surface area contributed by atoms with E-state index in [2.05, 4.69) is 12.3 Å². The van der Waals surface area contributed by atoms with Crippen LogP contribution in [0.4, 0.5) is 0 Å². The quantitative estimate of drug-likeness (QED) is 0.515. The van der Waals surface area contributed by atoms with Gasteiger partial charge in [-0.15, -0.1) is 23.5 Å². The maximum Gasteiger partial charge on any atom is -0.00152 e. The lowest BCUT2D eigenvalue weighted by molar-refractivity contribution is 1.13. The molecule has 1 rings (SSSR count). The van der Waals surface area contributed by atoms with Crippen LogP contribution in [0.15, 0.2) is 10.3 Å². The molecule has 2 heteroatoms. The molecule has 0 aliphatic carbocycles. The topological polar surface area (TPSA) is 0 Å². The zero-order valence-electron chi connectivity index (χ0n) is 5.02. The third-order valence-corrected chi connectivity index (χ3v) is 3.25. The van der Waals surface area contributed by atoms with Crippen molar-refractivity contribution in [1.82, 2.24) is 0 Å². The Hall–Kier alpha value is 0.440. The summed E-state index contributed by atoms with van der Waals surface area (Å²) in [6, 6.07) is 0. The van der Waals surface area contributed by atoms with Gasteiger partial charge in [-0.25, -0.2) is 0 Å². The molecule has 0 unspecified atom stereocenters. The number of hydrogen-bond donors (Lipinski definition) is 0. The molecular formula is C6H10S2. The minimum absolute atomic E-state index is 1.31. The van der Waals surface area contributed by atoms with Gasteiger partial charge in [-0.2, -0.15) is 0 Å². The van der Waals surface area contributed by atoms with Crippen molar-refractivity contribution in [2.45, 2.75) is 13.3 Å². The molecule has 0 aromatic carbocycles. The van der Waals surface area contributed by atoms with Crippen molar-refractivity contribution in [1.29, 1.82) is 0 Å². The Labute approximate surface area is 59.1 Å². The molecule has 0 spiro atoms. The largest absolute Gasteiger partial charge is 0.133 e. The van der Waals surface area contributed by atoms with Crippen LogP contribution >= 0.6 is 23.5 Å². The Morgan fingerprint density at radius 3 is 3.25 bits per heavy atom. The Bertz CT molecular complexity index is 96.7. The standard InChI is InChI=1S/C6H10S2/c1-6-5-7-3-2-4-8-6/h5H,2-4H2,1H3. The van der Waals surface area contributed by atoms with Crippen LogP contribution in [0.3, 0.4) is 0 Å². The third kappa shape index (κ3) is 2.14. The van der Waals surface area contributed by atoms with Crippen LogP contribution in [0.2, 0.25) is 0 Å². The minimum atomic E-state index is 1.31. The fourth-order valence-electron chi connectivity index (χ4n) is 0.586. The highest BCUT2D eigenvalue weighted by Crippen LogP contribution is 2.24. The molecule has 1 aliphatic rings. The van der Waals surface area contributed by atoms with Crippen LogP contribution in [0.5, 0.6) is 0 Å². The van der Waals surface area contributed by atoms with Gasteiger partial charge in [-0.1, -0.05) is 0 Å². The van der Waals surface area contributed by atoms with E-state index in [9.17, 15) is 0 Å². The van der Waals surface area contributed by atoms with Gasteiger partial charge in [0.1, 0.15) is 0 Å². The van der Waals surface area contributed by atoms with Crippen molar-refractivity contribution < 1.29 is 0 Å². The number of thioether (sulfide) groups is 2. The SMILES string of the molecule is CC1=CSCCCS1. The van der Waals surface area contributed by atoms with Gasteiger partial charge in [0.2, 0.25) is 0 Å². The van der Waals surface area contributed by atoms with Crippen LogP contribution in [0, 0.1) is 0 Å². The molecule has 46 valence electrons. The highest BCUT2D eigenvalue weighted by molar-refractivity contribution is 8.06. The molecule has 0 aromatic heterocycles. The summed E-state index contributed by atoms with van der Waals surface area (Å²) in [4.78, 5) is 1.48. The molecule has 8 heavy (non-hydrogen) atoms. The molecular weight excluding hydrogens is 136 g/mol. The summed E-state index contributed by atoms with van der Waals surface area (Å²) in [6.07, 6.45) is 1.36. The van der Waals surface area contributed by atoms with Crippen molar-refractivity contribution in [2.75, 3.05) is 11.5 Å². The minimum Gasteiger partial charge on any atom is -0.133 e. The summed E-state index contributed by atoms with van der Waals surface area (Å²) in [5, 5.41) is 2.26. The van der Waals surface area contributed by atoms with E-state index in [4.69, 9.17) is 0 Å². The lowest BCUT2D eigenvalue weighted by Gasteiger charge is -1.90. The van der Waals surface area contributed by atoms with Gasteiger partial charge in [0.15, 0.2) is 0 Å². The molecule has 0 N–H and O–H groups in total. The average Bonchev–Trinajstić information content (AvgIpc) is 1.94. The molecule has 1 aliphatic heterocycles.